The van der Waals surface area contributed by atoms with Crippen LogP contribution in [-0.4, -0.2) is 40.0 Å². The molecule has 7 heteroatoms. The molecule has 0 bridgehead atoms. The van der Waals surface area contributed by atoms with Crippen LogP contribution in [0.25, 0.3) is 0 Å². The van der Waals surface area contributed by atoms with Gasteiger partial charge in [0.1, 0.15) is 0 Å². The number of carbonyl (C=O) groups is 1. The molecule has 1 aliphatic carbocycles. The first-order valence-corrected chi connectivity index (χ1v) is 8.90. The van der Waals surface area contributed by atoms with E-state index < -0.39 is 0 Å². The highest BCUT2D eigenvalue weighted by Crippen LogP contribution is 2.35. The Hall–Kier alpha value is -1.14. The zero-order valence-corrected chi connectivity index (χ0v) is 15.8. The second kappa shape index (κ2) is 7.83. The molecule has 1 aromatic rings. The van der Waals surface area contributed by atoms with Gasteiger partial charge in [-0.3, -0.25) is 4.79 Å². The van der Waals surface area contributed by atoms with Crippen molar-refractivity contribution in [2.24, 2.45) is 5.41 Å². The molecule has 2 fully saturated rings. The molecule has 0 radical (unpaired) electrons. The van der Waals surface area contributed by atoms with Crippen molar-refractivity contribution in [2.75, 3.05) is 13.1 Å². The van der Waals surface area contributed by atoms with E-state index in [2.05, 4.69) is 34.8 Å². The Morgan fingerprint density at radius 1 is 1.21 bits per heavy atom. The minimum absolute atomic E-state index is 0. The minimum atomic E-state index is -0.0626. The molecule has 1 saturated heterocycles. The average molecular weight is 356 g/mol. The third kappa shape index (κ3) is 4.28. The van der Waals surface area contributed by atoms with E-state index in [0.717, 1.165) is 44.5 Å². The van der Waals surface area contributed by atoms with E-state index in [4.69, 9.17) is 0 Å². The van der Waals surface area contributed by atoms with Crippen molar-refractivity contribution >= 4 is 18.3 Å². The maximum atomic E-state index is 12.6. The van der Waals surface area contributed by atoms with Crippen molar-refractivity contribution in [3.63, 3.8) is 0 Å². The van der Waals surface area contributed by atoms with Crippen LogP contribution in [0.15, 0.2) is 0 Å². The molecular weight excluding hydrogens is 326 g/mol. The van der Waals surface area contributed by atoms with E-state index in [1.54, 1.807) is 0 Å². The van der Waals surface area contributed by atoms with Gasteiger partial charge < -0.3 is 10.6 Å². The molecule has 1 saturated carbocycles. The van der Waals surface area contributed by atoms with Crippen LogP contribution < -0.4 is 10.6 Å². The van der Waals surface area contributed by atoms with Gasteiger partial charge in [-0.05, 0) is 64.0 Å². The molecular formula is C17H30ClN5O. The molecule has 0 aromatic carbocycles. The van der Waals surface area contributed by atoms with E-state index >= 15 is 0 Å². The van der Waals surface area contributed by atoms with Gasteiger partial charge in [-0.15, -0.1) is 17.5 Å². The fraction of sp³-hybridized carbons (Fsp3) is 0.824. The van der Waals surface area contributed by atoms with Gasteiger partial charge in [0.05, 0.1) is 11.7 Å². The lowest BCUT2D eigenvalue weighted by Crippen LogP contribution is -2.39. The van der Waals surface area contributed by atoms with Crippen molar-refractivity contribution in [3.8, 4) is 0 Å². The highest BCUT2D eigenvalue weighted by atomic mass is 35.5. The van der Waals surface area contributed by atoms with Gasteiger partial charge in [-0.2, -0.15) is 0 Å². The standard InChI is InChI=1S/C17H29N5O.ClH/c1-12-15(20-21-22(12)14-6-10-18-11-7-14)16(23)19-13-4-8-17(2,3)9-5-13;/h13-14,18H,4-11H2,1-3H3,(H,19,23);1H. The quantitative estimate of drug-likeness (QED) is 0.874. The molecule has 0 atom stereocenters. The molecule has 2 heterocycles. The molecule has 6 nitrogen and oxygen atoms in total. The lowest BCUT2D eigenvalue weighted by atomic mass is 9.75. The molecule has 3 rings (SSSR count). The van der Waals surface area contributed by atoms with Crippen molar-refractivity contribution in [2.45, 2.75) is 71.4 Å². The van der Waals surface area contributed by atoms with Crippen LogP contribution in [0.1, 0.15) is 74.6 Å². The minimum Gasteiger partial charge on any atom is -0.348 e. The van der Waals surface area contributed by atoms with Crippen LogP contribution in [0, 0.1) is 12.3 Å². The summed E-state index contributed by atoms with van der Waals surface area (Å²) in [5.41, 5.74) is 1.80. The second-order valence-electron chi connectivity index (χ2n) is 7.86. The number of nitrogens with zero attached hydrogens (tertiary/aromatic N) is 3. The fourth-order valence-electron chi connectivity index (χ4n) is 3.75. The number of hydrogen-bond donors (Lipinski definition) is 2. The van der Waals surface area contributed by atoms with Gasteiger partial charge in [-0.25, -0.2) is 4.68 Å². The largest absolute Gasteiger partial charge is 0.348 e. The smallest absolute Gasteiger partial charge is 0.273 e. The monoisotopic (exact) mass is 355 g/mol. The Kier molecular flexibility index (Phi) is 6.26. The molecule has 2 aliphatic rings. The Balaban J connectivity index is 0.00000208. The molecule has 0 unspecified atom stereocenters. The Bertz CT molecular complexity index is 555. The molecule has 1 aliphatic heterocycles. The number of piperidine rings is 1. The van der Waals surface area contributed by atoms with Crippen LogP contribution in [0.2, 0.25) is 0 Å². The van der Waals surface area contributed by atoms with Gasteiger partial charge in [0.15, 0.2) is 5.69 Å². The summed E-state index contributed by atoms with van der Waals surface area (Å²) < 4.78 is 1.94. The molecule has 0 spiro atoms. The third-order valence-corrected chi connectivity index (χ3v) is 5.47. The van der Waals surface area contributed by atoms with E-state index in [1.807, 2.05) is 11.6 Å². The lowest BCUT2D eigenvalue weighted by molar-refractivity contribution is 0.0903. The van der Waals surface area contributed by atoms with Gasteiger partial charge in [-0.1, -0.05) is 19.1 Å². The topological polar surface area (TPSA) is 71.8 Å². The number of rotatable bonds is 3. The highest BCUT2D eigenvalue weighted by Gasteiger charge is 2.29. The van der Waals surface area contributed by atoms with Crippen molar-refractivity contribution in [1.29, 1.82) is 0 Å². The van der Waals surface area contributed by atoms with Crippen LogP contribution in [-0.2, 0) is 0 Å². The zero-order valence-electron chi connectivity index (χ0n) is 15.0. The van der Waals surface area contributed by atoms with Gasteiger partial charge in [0.25, 0.3) is 5.91 Å². The van der Waals surface area contributed by atoms with Crippen molar-refractivity contribution in [1.82, 2.24) is 25.6 Å². The molecule has 2 N–H and O–H groups in total. The molecule has 1 aromatic heterocycles. The summed E-state index contributed by atoms with van der Waals surface area (Å²) in [6.45, 7) is 8.58. The number of nitrogens with one attached hydrogen (secondary N) is 2. The van der Waals surface area contributed by atoms with Crippen LogP contribution in [0.4, 0.5) is 0 Å². The van der Waals surface area contributed by atoms with Crippen LogP contribution in [0.3, 0.4) is 0 Å². The average Bonchev–Trinajstić information content (AvgIpc) is 2.92. The molecule has 136 valence electrons. The Labute approximate surface area is 150 Å². The summed E-state index contributed by atoms with van der Waals surface area (Å²) in [7, 11) is 0. The maximum absolute atomic E-state index is 12.6. The number of amides is 1. The van der Waals surface area contributed by atoms with E-state index in [-0.39, 0.29) is 24.4 Å². The summed E-state index contributed by atoms with van der Waals surface area (Å²) >= 11 is 0. The highest BCUT2D eigenvalue weighted by molar-refractivity contribution is 5.93. The van der Waals surface area contributed by atoms with E-state index in [1.165, 1.54) is 12.8 Å². The number of hydrogen-bond acceptors (Lipinski definition) is 4. The first kappa shape index (κ1) is 19.2. The van der Waals surface area contributed by atoms with Gasteiger partial charge in [0, 0.05) is 6.04 Å². The molecule has 24 heavy (non-hydrogen) atoms. The first-order valence-electron chi connectivity index (χ1n) is 8.90. The summed E-state index contributed by atoms with van der Waals surface area (Å²) in [6.07, 6.45) is 6.53. The van der Waals surface area contributed by atoms with Crippen molar-refractivity contribution < 1.29 is 4.79 Å². The van der Waals surface area contributed by atoms with Gasteiger partial charge in [0.2, 0.25) is 0 Å². The second-order valence-corrected chi connectivity index (χ2v) is 7.86. The summed E-state index contributed by atoms with van der Waals surface area (Å²) in [5, 5.41) is 14.9. The van der Waals surface area contributed by atoms with Crippen LogP contribution in [0.5, 0.6) is 0 Å². The molecule has 1 amide bonds. The predicted molar refractivity (Wildman–Crippen MR) is 96.7 cm³/mol. The fourth-order valence-corrected chi connectivity index (χ4v) is 3.75. The Morgan fingerprint density at radius 2 is 1.83 bits per heavy atom. The number of halogens is 1. The maximum Gasteiger partial charge on any atom is 0.273 e. The Morgan fingerprint density at radius 3 is 2.46 bits per heavy atom. The number of carbonyl (C=O) groups excluding carboxylic acids is 1. The zero-order chi connectivity index (χ0) is 16.4. The summed E-state index contributed by atoms with van der Waals surface area (Å²) in [4.78, 5) is 12.6. The number of aromatic nitrogens is 3. The first-order chi connectivity index (χ1) is 11.0. The van der Waals surface area contributed by atoms with E-state index in [9.17, 15) is 4.79 Å². The summed E-state index contributed by atoms with van der Waals surface area (Å²) in [6, 6.07) is 0.639. The van der Waals surface area contributed by atoms with E-state index in [0.29, 0.717) is 17.2 Å². The van der Waals surface area contributed by atoms with Crippen molar-refractivity contribution in [3.05, 3.63) is 11.4 Å². The third-order valence-electron chi connectivity index (χ3n) is 5.47. The normalized spacial score (nSPS) is 22.0. The SMILES string of the molecule is Cc1c(C(=O)NC2CCC(C)(C)CC2)nnn1C1CCNCC1.Cl. The van der Waals surface area contributed by atoms with Crippen LogP contribution >= 0.6 is 12.4 Å². The lowest BCUT2D eigenvalue weighted by Gasteiger charge is -2.34. The van der Waals surface area contributed by atoms with Gasteiger partial charge >= 0.3 is 0 Å². The summed E-state index contributed by atoms with van der Waals surface area (Å²) in [5.74, 6) is -0.0626. The predicted octanol–water partition coefficient (Wildman–Crippen LogP) is 2.63.